The number of carbonyl (C=O) groups excluding carboxylic acids is 1. The van der Waals surface area contributed by atoms with Crippen molar-refractivity contribution >= 4 is 17.4 Å². The number of anilines is 2. The van der Waals surface area contributed by atoms with Crippen LogP contribution < -0.4 is 20.1 Å². The number of carbonyl (C=O) groups is 1. The molecule has 2 N–H and O–H groups in total. The summed E-state index contributed by atoms with van der Waals surface area (Å²) < 4.78 is 10.5. The van der Waals surface area contributed by atoms with Gasteiger partial charge in [-0.3, -0.25) is 4.79 Å². The summed E-state index contributed by atoms with van der Waals surface area (Å²) in [6.07, 6.45) is 0. The largest absolute Gasteiger partial charge is 0.493 e. The number of methoxy groups -OCH3 is 2. The molecule has 0 saturated carbocycles. The molecule has 1 aromatic heterocycles. The monoisotopic (exact) mass is 364 g/mol. The lowest BCUT2D eigenvalue weighted by atomic mass is 10.2. The molecule has 1 amide bonds. The Morgan fingerprint density at radius 3 is 2.37 bits per heavy atom. The Bertz CT molecular complexity index is 899. The first-order chi connectivity index (χ1) is 13.2. The van der Waals surface area contributed by atoms with Crippen LogP contribution in [0.1, 0.15) is 16.1 Å². The maximum atomic E-state index is 12.2. The molecule has 0 aliphatic carbocycles. The molecule has 3 rings (SSSR count). The molecule has 1 heterocycles. The van der Waals surface area contributed by atoms with E-state index >= 15 is 0 Å². The molecular weight excluding hydrogens is 344 g/mol. The lowest BCUT2D eigenvalue weighted by Crippen LogP contribution is -2.14. The van der Waals surface area contributed by atoms with Gasteiger partial charge in [0.2, 0.25) is 0 Å². The van der Waals surface area contributed by atoms with E-state index in [-0.39, 0.29) is 11.6 Å². The number of nitrogens with zero attached hydrogens (tertiary/aromatic N) is 2. The van der Waals surface area contributed by atoms with E-state index in [1.165, 1.54) is 0 Å². The molecule has 7 heteroatoms. The van der Waals surface area contributed by atoms with Gasteiger partial charge in [-0.15, -0.1) is 10.2 Å². The van der Waals surface area contributed by atoms with Gasteiger partial charge in [0.1, 0.15) is 5.82 Å². The number of nitrogens with one attached hydrogen (secondary N) is 2. The van der Waals surface area contributed by atoms with Crippen LogP contribution in [0.25, 0.3) is 0 Å². The number of aromatic nitrogens is 2. The summed E-state index contributed by atoms with van der Waals surface area (Å²) in [4.78, 5) is 12.2. The Labute approximate surface area is 157 Å². The third-order valence-electron chi connectivity index (χ3n) is 3.85. The minimum atomic E-state index is -0.305. The zero-order valence-electron chi connectivity index (χ0n) is 15.1. The first-order valence-corrected chi connectivity index (χ1v) is 8.34. The Balaban J connectivity index is 1.60. The Morgan fingerprint density at radius 1 is 0.926 bits per heavy atom. The molecule has 0 bridgehead atoms. The van der Waals surface area contributed by atoms with Gasteiger partial charge >= 0.3 is 0 Å². The van der Waals surface area contributed by atoms with Crippen molar-refractivity contribution in [1.29, 1.82) is 0 Å². The van der Waals surface area contributed by atoms with Crippen LogP contribution in [0.3, 0.4) is 0 Å². The molecule has 3 aromatic rings. The van der Waals surface area contributed by atoms with E-state index in [0.29, 0.717) is 29.5 Å². The Kier molecular flexibility index (Phi) is 5.84. The van der Waals surface area contributed by atoms with Crippen molar-refractivity contribution in [1.82, 2.24) is 10.2 Å². The molecule has 27 heavy (non-hydrogen) atoms. The molecule has 0 radical (unpaired) electrons. The summed E-state index contributed by atoms with van der Waals surface area (Å²) in [5, 5.41) is 14.0. The van der Waals surface area contributed by atoms with Gasteiger partial charge in [0.15, 0.2) is 17.2 Å². The van der Waals surface area contributed by atoms with Gasteiger partial charge in [0.25, 0.3) is 5.91 Å². The zero-order valence-corrected chi connectivity index (χ0v) is 15.1. The molecule has 0 aliphatic rings. The van der Waals surface area contributed by atoms with Gasteiger partial charge in [0.05, 0.1) is 14.2 Å². The van der Waals surface area contributed by atoms with Crippen LogP contribution in [0.4, 0.5) is 11.5 Å². The normalized spacial score (nSPS) is 10.1. The lowest BCUT2D eigenvalue weighted by Gasteiger charge is -2.10. The lowest BCUT2D eigenvalue weighted by molar-refractivity contribution is 0.102. The van der Waals surface area contributed by atoms with Crippen LogP contribution in [-0.2, 0) is 6.54 Å². The molecule has 138 valence electrons. The van der Waals surface area contributed by atoms with Gasteiger partial charge in [-0.2, -0.15) is 0 Å². The number of ether oxygens (including phenoxy) is 2. The van der Waals surface area contributed by atoms with Crippen LogP contribution >= 0.6 is 0 Å². The quantitative estimate of drug-likeness (QED) is 0.669. The van der Waals surface area contributed by atoms with E-state index in [0.717, 1.165) is 5.56 Å². The van der Waals surface area contributed by atoms with Crippen molar-refractivity contribution in [2.45, 2.75) is 6.54 Å². The summed E-state index contributed by atoms with van der Waals surface area (Å²) in [6, 6.07) is 18.2. The summed E-state index contributed by atoms with van der Waals surface area (Å²) in [5.74, 6) is 1.60. The summed E-state index contributed by atoms with van der Waals surface area (Å²) in [5.41, 5.74) is 1.95. The fourth-order valence-corrected chi connectivity index (χ4v) is 2.45. The second-order valence-electron chi connectivity index (χ2n) is 5.67. The maximum Gasteiger partial charge on any atom is 0.276 e. The second-order valence-corrected chi connectivity index (χ2v) is 5.67. The van der Waals surface area contributed by atoms with E-state index in [1.54, 1.807) is 26.4 Å². The highest BCUT2D eigenvalue weighted by Crippen LogP contribution is 2.27. The fourth-order valence-electron chi connectivity index (χ4n) is 2.45. The molecular formula is C20H20N4O3. The van der Waals surface area contributed by atoms with Gasteiger partial charge in [0, 0.05) is 12.2 Å². The minimum Gasteiger partial charge on any atom is -0.493 e. The van der Waals surface area contributed by atoms with E-state index in [9.17, 15) is 4.79 Å². The third-order valence-corrected chi connectivity index (χ3v) is 3.85. The van der Waals surface area contributed by atoms with E-state index < -0.39 is 0 Å². The summed E-state index contributed by atoms with van der Waals surface area (Å²) in [6.45, 7) is 0.532. The summed E-state index contributed by atoms with van der Waals surface area (Å²) >= 11 is 0. The highest BCUT2D eigenvalue weighted by Gasteiger charge is 2.09. The van der Waals surface area contributed by atoms with Gasteiger partial charge in [-0.1, -0.05) is 24.3 Å². The average molecular weight is 364 g/mol. The Hall–Kier alpha value is -3.61. The average Bonchev–Trinajstić information content (AvgIpc) is 2.73. The fraction of sp³-hybridized carbons (Fsp3) is 0.150. The second kappa shape index (κ2) is 8.66. The molecule has 0 atom stereocenters. The molecule has 0 spiro atoms. The van der Waals surface area contributed by atoms with Gasteiger partial charge in [-0.05, 0) is 42.0 Å². The molecule has 0 saturated heterocycles. The number of rotatable bonds is 7. The number of amides is 1. The number of benzene rings is 2. The number of hydrogen-bond donors (Lipinski definition) is 2. The van der Waals surface area contributed by atoms with Crippen molar-refractivity contribution < 1.29 is 14.3 Å². The standard InChI is InChI=1S/C20H20N4O3/c1-26-17-10-8-14(12-18(17)27-2)13-21-19-11-9-16(23-24-19)20(25)22-15-6-4-3-5-7-15/h3-12H,13H2,1-2H3,(H,21,24)(H,22,25). The van der Waals surface area contributed by atoms with E-state index in [2.05, 4.69) is 20.8 Å². The van der Waals surface area contributed by atoms with Gasteiger partial charge < -0.3 is 20.1 Å². The SMILES string of the molecule is COc1ccc(CNc2ccc(C(=O)Nc3ccccc3)nn2)cc1OC. The van der Waals surface area contributed by atoms with Crippen molar-refractivity contribution in [3.63, 3.8) is 0 Å². The first-order valence-electron chi connectivity index (χ1n) is 8.34. The molecule has 0 unspecified atom stereocenters. The van der Waals surface area contributed by atoms with E-state index in [4.69, 9.17) is 9.47 Å². The molecule has 7 nitrogen and oxygen atoms in total. The molecule has 2 aromatic carbocycles. The minimum absolute atomic E-state index is 0.246. The van der Waals surface area contributed by atoms with Crippen LogP contribution in [0.5, 0.6) is 11.5 Å². The van der Waals surface area contributed by atoms with Crippen LogP contribution in [-0.4, -0.2) is 30.3 Å². The third kappa shape index (κ3) is 4.72. The zero-order chi connectivity index (χ0) is 19.1. The number of hydrogen-bond acceptors (Lipinski definition) is 6. The van der Waals surface area contributed by atoms with Crippen LogP contribution in [0, 0.1) is 0 Å². The Morgan fingerprint density at radius 2 is 1.70 bits per heavy atom. The number of para-hydroxylation sites is 1. The summed E-state index contributed by atoms with van der Waals surface area (Å²) in [7, 11) is 3.20. The van der Waals surface area contributed by atoms with Crippen molar-refractivity contribution in [2.24, 2.45) is 0 Å². The molecule has 0 aliphatic heterocycles. The van der Waals surface area contributed by atoms with Gasteiger partial charge in [-0.25, -0.2) is 0 Å². The van der Waals surface area contributed by atoms with Crippen molar-refractivity contribution in [2.75, 3.05) is 24.9 Å². The predicted octanol–water partition coefficient (Wildman–Crippen LogP) is 3.36. The maximum absolute atomic E-state index is 12.2. The van der Waals surface area contributed by atoms with Crippen LogP contribution in [0.15, 0.2) is 60.7 Å². The van der Waals surface area contributed by atoms with E-state index in [1.807, 2.05) is 48.5 Å². The highest BCUT2D eigenvalue weighted by molar-refractivity contribution is 6.02. The van der Waals surface area contributed by atoms with Crippen molar-refractivity contribution in [3.05, 3.63) is 71.9 Å². The highest BCUT2D eigenvalue weighted by atomic mass is 16.5. The predicted molar refractivity (Wildman–Crippen MR) is 103 cm³/mol. The topological polar surface area (TPSA) is 85.4 Å². The molecule has 0 fully saturated rings. The smallest absolute Gasteiger partial charge is 0.276 e. The van der Waals surface area contributed by atoms with Crippen molar-refractivity contribution in [3.8, 4) is 11.5 Å². The van der Waals surface area contributed by atoms with Crippen LogP contribution in [0.2, 0.25) is 0 Å². The first kappa shape index (κ1) is 18.2.